The molecule has 0 N–H and O–H groups in total. The number of aryl methyl sites for hydroxylation is 1. The second kappa shape index (κ2) is 3.60. The number of nitrogens with zero attached hydrogens (tertiary/aromatic N) is 1. The van der Waals surface area contributed by atoms with Crippen LogP contribution in [-0.2, 0) is 0 Å². The molecule has 2 aromatic rings. The molecular formula is C10H8BrNS. The van der Waals surface area contributed by atoms with Gasteiger partial charge in [-0.15, -0.1) is 11.3 Å². The molecule has 2 aromatic heterocycles. The average molecular weight is 254 g/mol. The normalized spacial score (nSPS) is 10.3. The van der Waals surface area contributed by atoms with E-state index in [0.717, 1.165) is 0 Å². The van der Waals surface area contributed by atoms with Crippen LogP contribution in [0.15, 0.2) is 35.1 Å². The van der Waals surface area contributed by atoms with E-state index in [-0.39, 0.29) is 0 Å². The van der Waals surface area contributed by atoms with Crippen molar-refractivity contribution in [3.8, 4) is 10.4 Å². The second-order valence-corrected chi connectivity index (χ2v) is 4.86. The van der Waals surface area contributed by atoms with Crippen LogP contribution in [0, 0.1) is 6.92 Å². The summed E-state index contributed by atoms with van der Waals surface area (Å²) in [7, 11) is 0. The van der Waals surface area contributed by atoms with Gasteiger partial charge in [-0.25, -0.2) is 0 Å². The van der Waals surface area contributed by atoms with Gasteiger partial charge >= 0.3 is 0 Å². The summed E-state index contributed by atoms with van der Waals surface area (Å²) in [6.07, 6.45) is 3.64. The van der Waals surface area contributed by atoms with Gasteiger partial charge in [0.1, 0.15) is 0 Å². The lowest BCUT2D eigenvalue weighted by Crippen LogP contribution is -1.71. The van der Waals surface area contributed by atoms with Gasteiger partial charge in [-0.2, -0.15) is 0 Å². The Morgan fingerprint density at radius 1 is 1.31 bits per heavy atom. The molecule has 2 heterocycles. The summed E-state index contributed by atoms with van der Waals surface area (Å²) in [5, 5.41) is 0. The van der Waals surface area contributed by atoms with E-state index in [0.29, 0.717) is 0 Å². The number of hydrogen-bond donors (Lipinski definition) is 0. The van der Waals surface area contributed by atoms with Gasteiger partial charge in [-0.1, -0.05) is 0 Å². The summed E-state index contributed by atoms with van der Waals surface area (Å²) >= 11 is 5.30. The molecule has 3 heteroatoms. The number of hydrogen-bond acceptors (Lipinski definition) is 2. The summed E-state index contributed by atoms with van der Waals surface area (Å²) in [6, 6.07) is 6.20. The molecule has 0 aliphatic heterocycles. The van der Waals surface area contributed by atoms with Crippen molar-refractivity contribution in [1.82, 2.24) is 4.98 Å². The van der Waals surface area contributed by atoms with E-state index in [2.05, 4.69) is 33.9 Å². The summed E-state index contributed by atoms with van der Waals surface area (Å²) in [4.78, 5) is 6.59. The predicted molar refractivity (Wildman–Crippen MR) is 60.0 cm³/mol. The largest absolute Gasteiger partial charge is 0.265 e. The van der Waals surface area contributed by atoms with Gasteiger partial charge < -0.3 is 0 Å². The van der Waals surface area contributed by atoms with Crippen LogP contribution in [0.4, 0.5) is 0 Å². The highest BCUT2D eigenvalue weighted by molar-refractivity contribution is 9.10. The fourth-order valence-electron chi connectivity index (χ4n) is 1.12. The standard InChI is InChI=1S/C10H8BrNS/c1-7-9(11)6-10(13-7)8-2-4-12-5-3-8/h2-6H,1H3. The van der Waals surface area contributed by atoms with E-state index in [1.54, 1.807) is 11.3 Å². The molecule has 0 fully saturated rings. The van der Waals surface area contributed by atoms with Gasteiger partial charge in [-0.3, -0.25) is 4.98 Å². The van der Waals surface area contributed by atoms with Crippen molar-refractivity contribution in [3.05, 3.63) is 39.9 Å². The van der Waals surface area contributed by atoms with Crippen LogP contribution in [0.2, 0.25) is 0 Å². The molecule has 0 saturated heterocycles. The first-order valence-corrected chi connectivity index (χ1v) is 5.54. The van der Waals surface area contributed by atoms with Crippen LogP contribution in [0.1, 0.15) is 4.88 Å². The Morgan fingerprint density at radius 2 is 2.00 bits per heavy atom. The number of aromatic nitrogens is 1. The third-order valence-electron chi connectivity index (χ3n) is 1.82. The van der Waals surface area contributed by atoms with Crippen molar-refractivity contribution in [2.24, 2.45) is 0 Å². The Labute approximate surface area is 89.6 Å². The van der Waals surface area contributed by atoms with E-state index >= 15 is 0 Å². The lowest BCUT2D eigenvalue weighted by molar-refractivity contribution is 1.33. The maximum Gasteiger partial charge on any atom is 0.0358 e. The maximum atomic E-state index is 3.99. The van der Waals surface area contributed by atoms with E-state index in [1.807, 2.05) is 24.5 Å². The second-order valence-electron chi connectivity index (χ2n) is 2.75. The molecule has 0 radical (unpaired) electrons. The maximum absolute atomic E-state index is 3.99. The lowest BCUT2D eigenvalue weighted by Gasteiger charge is -1.93. The molecule has 0 aliphatic rings. The smallest absolute Gasteiger partial charge is 0.0358 e. The van der Waals surface area contributed by atoms with E-state index in [4.69, 9.17) is 0 Å². The predicted octanol–water partition coefficient (Wildman–Crippen LogP) is 3.88. The number of thiophene rings is 1. The Bertz CT molecular complexity index is 389. The summed E-state index contributed by atoms with van der Waals surface area (Å²) in [5.41, 5.74) is 1.23. The molecule has 0 aromatic carbocycles. The van der Waals surface area contributed by atoms with Crippen LogP contribution in [-0.4, -0.2) is 4.98 Å². The van der Waals surface area contributed by atoms with Crippen molar-refractivity contribution in [3.63, 3.8) is 0 Å². The molecule has 0 amide bonds. The topological polar surface area (TPSA) is 12.9 Å². The van der Waals surface area contributed by atoms with Gasteiger partial charge in [0.25, 0.3) is 0 Å². The molecule has 1 nitrogen and oxygen atoms in total. The molecular weight excluding hydrogens is 246 g/mol. The number of rotatable bonds is 1. The summed E-state index contributed by atoms with van der Waals surface area (Å²) < 4.78 is 1.18. The zero-order chi connectivity index (χ0) is 9.26. The van der Waals surface area contributed by atoms with Crippen molar-refractivity contribution >= 4 is 27.3 Å². The fraction of sp³-hybridized carbons (Fsp3) is 0.100. The van der Waals surface area contributed by atoms with Crippen LogP contribution in [0.3, 0.4) is 0 Å². The highest BCUT2D eigenvalue weighted by Gasteiger charge is 2.03. The third kappa shape index (κ3) is 1.81. The molecule has 0 aliphatic carbocycles. The van der Waals surface area contributed by atoms with Gasteiger partial charge in [0.15, 0.2) is 0 Å². The van der Waals surface area contributed by atoms with E-state index in [9.17, 15) is 0 Å². The van der Waals surface area contributed by atoms with Crippen molar-refractivity contribution in [1.29, 1.82) is 0 Å². The summed E-state index contributed by atoms with van der Waals surface area (Å²) in [5.74, 6) is 0. The SMILES string of the molecule is Cc1sc(-c2ccncc2)cc1Br. The van der Waals surface area contributed by atoms with Crippen LogP contribution < -0.4 is 0 Å². The zero-order valence-electron chi connectivity index (χ0n) is 7.12. The molecule has 0 spiro atoms. The summed E-state index contributed by atoms with van der Waals surface area (Å²) in [6.45, 7) is 2.11. The molecule has 2 rings (SSSR count). The molecule has 0 bridgehead atoms. The molecule has 0 unspecified atom stereocenters. The quantitative estimate of drug-likeness (QED) is 0.752. The average Bonchev–Trinajstić information content (AvgIpc) is 2.49. The number of halogens is 1. The highest BCUT2D eigenvalue weighted by atomic mass is 79.9. The Balaban J connectivity index is 2.48. The molecule has 13 heavy (non-hydrogen) atoms. The first-order chi connectivity index (χ1) is 6.27. The Hall–Kier alpha value is -0.670. The van der Waals surface area contributed by atoms with Gasteiger partial charge in [0, 0.05) is 26.6 Å². The minimum absolute atomic E-state index is 1.18. The highest BCUT2D eigenvalue weighted by Crippen LogP contribution is 2.33. The van der Waals surface area contributed by atoms with E-state index in [1.165, 1.54) is 19.8 Å². The van der Waals surface area contributed by atoms with Crippen molar-refractivity contribution in [2.45, 2.75) is 6.92 Å². The number of pyridine rings is 1. The van der Waals surface area contributed by atoms with Gasteiger partial charge in [0.05, 0.1) is 0 Å². The molecule has 66 valence electrons. The van der Waals surface area contributed by atoms with E-state index < -0.39 is 0 Å². The first kappa shape index (κ1) is 8.91. The molecule has 0 saturated carbocycles. The molecule has 0 atom stereocenters. The van der Waals surface area contributed by atoms with Crippen molar-refractivity contribution < 1.29 is 0 Å². The minimum Gasteiger partial charge on any atom is -0.265 e. The lowest BCUT2D eigenvalue weighted by atomic mass is 10.2. The Morgan fingerprint density at radius 3 is 2.54 bits per heavy atom. The van der Waals surface area contributed by atoms with Gasteiger partial charge in [0.2, 0.25) is 0 Å². The van der Waals surface area contributed by atoms with Crippen LogP contribution in [0.25, 0.3) is 10.4 Å². The first-order valence-electron chi connectivity index (χ1n) is 3.93. The third-order valence-corrected chi connectivity index (χ3v) is 4.01. The van der Waals surface area contributed by atoms with Crippen LogP contribution >= 0.6 is 27.3 Å². The van der Waals surface area contributed by atoms with Gasteiger partial charge in [-0.05, 0) is 46.6 Å². The minimum atomic E-state index is 1.18. The zero-order valence-corrected chi connectivity index (χ0v) is 9.52. The Kier molecular flexibility index (Phi) is 2.47. The van der Waals surface area contributed by atoms with Crippen molar-refractivity contribution in [2.75, 3.05) is 0 Å². The fourth-order valence-corrected chi connectivity index (χ4v) is 2.66. The van der Waals surface area contributed by atoms with Crippen LogP contribution in [0.5, 0.6) is 0 Å². The monoisotopic (exact) mass is 253 g/mol.